The fraction of sp³-hybridized carbons (Fsp3) is 0.261. The van der Waals surface area contributed by atoms with E-state index >= 15 is 0 Å². The van der Waals surface area contributed by atoms with Crippen LogP contribution in [0.5, 0.6) is 11.5 Å². The lowest BCUT2D eigenvalue weighted by molar-refractivity contribution is -0.114. The quantitative estimate of drug-likeness (QED) is 0.312. The van der Waals surface area contributed by atoms with Crippen molar-refractivity contribution in [2.45, 2.75) is 20.8 Å². The van der Waals surface area contributed by atoms with Gasteiger partial charge in [0, 0.05) is 0 Å². The molecule has 188 valence electrons. The molecule has 1 aromatic carbocycles. The molecule has 0 spiro atoms. The summed E-state index contributed by atoms with van der Waals surface area (Å²) in [4.78, 5) is 29.4. The van der Waals surface area contributed by atoms with Crippen LogP contribution in [0.3, 0.4) is 0 Å². The van der Waals surface area contributed by atoms with Gasteiger partial charge in [0.1, 0.15) is 4.88 Å². The number of aliphatic imine (C=N–C) groups is 1. The third-order valence-corrected chi connectivity index (χ3v) is 9.04. The molecule has 0 unspecified atom stereocenters. The first kappa shape index (κ1) is 25.8. The van der Waals surface area contributed by atoms with Crippen LogP contribution < -0.4 is 9.47 Å². The molecule has 2 aliphatic heterocycles. The Hall–Kier alpha value is -3.29. The largest absolute Gasteiger partial charge is 0.490 e. The van der Waals surface area contributed by atoms with E-state index in [1.54, 1.807) is 50.4 Å². The summed E-state index contributed by atoms with van der Waals surface area (Å²) in [5, 5.41) is 15.4. The van der Waals surface area contributed by atoms with Gasteiger partial charge < -0.3 is 9.47 Å². The second-order valence-corrected chi connectivity index (χ2v) is 12.2. The van der Waals surface area contributed by atoms with Crippen molar-refractivity contribution >= 4 is 66.3 Å². The van der Waals surface area contributed by atoms with Gasteiger partial charge in [-0.1, -0.05) is 26.0 Å². The molecule has 3 heterocycles. The van der Waals surface area contributed by atoms with Crippen LogP contribution in [-0.4, -0.2) is 53.0 Å². The van der Waals surface area contributed by atoms with E-state index in [1.165, 1.54) is 23.5 Å². The number of amides is 1. The average molecular weight is 547 g/mol. The fourth-order valence-electron chi connectivity index (χ4n) is 3.29. The monoisotopic (exact) mass is 546 g/mol. The van der Waals surface area contributed by atoms with Crippen LogP contribution >= 0.6 is 23.1 Å². The van der Waals surface area contributed by atoms with Crippen LogP contribution in [0.1, 0.15) is 36.0 Å². The Bertz CT molecular complexity index is 1430. The molecule has 1 N–H and O–H groups in total. The zero-order valence-corrected chi connectivity index (χ0v) is 22.0. The van der Waals surface area contributed by atoms with Crippen LogP contribution in [0, 0.1) is 11.3 Å². The number of amidine groups is 2. The number of fused-ring (bicyclic) bond motifs is 1. The van der Waals surface area contributed by atoms with Crippen molar-refractivity contribution in [3.8, 4) is 11.5 Å². The van der Waals surface area contributed by atoms with Crippen molar-refractivity contribution in [1.82, 2.24) is 5.01 Å². The van der Waals surface area contributed by atoms with Crippen molar-refractivity contribution in [3.63, 3.8) is 0 Å². The van der Waals surface area contributed by atoms with Crippen molar-refractivity contribution in [2.75, 3.05) is 12.4 Å². The minimum Gasteiger partial charge on any atom is -0.490 e. The number of thiophene rings is 1. The molecule has 2 aliphatic rings. The first-order valence-electron chi connectivity index (χ1n) is 10.8. The van der Waals surface area contributed by atoms with Crippen molar-refractivity contribution in [1.29, 1.82) is 5.41 Å². The highest BCUT2D eigenvalue weighted by atomic mass is 32.3. The molecule has 0 atom stereocenters. The second-order valence-electron chi connectivity index (χ2n) is 8.07. The summed E-state index contributed by atoms with van der Waals surface area (Å²) >= 11 is 2.01. The lowest BCUT2D eigenvalue weighted by atomic mass is 10.1. The highest BCUT2D eigenvalue weighted by molar-refractivity contribution is 8.42. The van der Waals surface area contributed by atoms with Gasteiger partial charge >= 0.3 is 5.97 Å². The number of hydrogen-bond acceptors (Lipinski definition) is 10. The molecule has 1 aromatic heterocycles. The molecule has 10 nitrogen and oxygen atoms in total. The maximum absolute atomic E-state index is 12.7. The zero-order chi connectivity index (χ0) is 26.0. The first-order chi connectivity index (χ1) is 17.1. The Labute approximate surface area is 216 Å². The molecule has 0 saturated heterocycles. The summed E-state index contributed by atoms with van der Waals surface area (Å²) in [5.74, 6) is -1.22. The normalized spacial score (nSPS) is 16.8. The number of nitrogens with zero attached hydrogens (tertiary/aromatic N) is 3. The number of nitrogens with one attached hydrogen (secondary N) is 1. The molecule has 0 saturated carbocycles. The third kappa shape index (κ3) is 5.42. The van der Waals surface area contributed by atoms with E-state index < -0.39 is 21.7 Å². The van der Waals surface area contributed by atoms with E-state index in [0.717, 1.165) is 16.8 Å². The molecule has 0 aliphatic carbocycles. The standard InChI is InChI=1S/C23H22N4O6S3/c1-4-32-17-11-14(7-8-16(17)33-21(29)18-6-5-9-34-18)10-15-19(24)27-22(25-20(15)28)35-23(26-27)36(30,31)12-13(2)3/h5-11,13,24H,4,12H2,1-3H3/b15-10+,24-19?. The molecule has 0 radical (unpaired) electrons. The Morgan fingerprint density at radius 3 is 2.69 bits per heavy atom. The Morgan fingerprint density at radius 2 is 2.03 bits per heavy atom. The smallest absolute Gasteiger partial charge is 0.353 e. The zero-order valence-electron chi connectivity index (χ0n) is 19.5. The third-order valence-electron chi connectivity index (χ3n) is 4.76. The number of hydrazone groups is 1. The van der Waals surface area contributed by atoms with Crippen LogP contribution in [0.2, 0.25) is 0 Å². The van der Waals surface area contributed by atoms with Crippen LogP contribution in [0.4, 0.5) is 0 Å². The topological polar surface area (TPSA) is 139 Å². The van der Waals surface area contributed by atoms with Crippen molar-refractivity contribution in [3.05, 3.63) is 51.7 Å². The van der Waals surface area contributed by atoms with Crippen LogP contribution in [-0.2, 0) is 14.6 Å². The molecule has 0 fully saturated rings. The fourth-order valence-corrected chi connectivity index (χ4v) is 6.68. The Morgan fingerprint density at radius 1 is 1.25 bits per heavy atom. The minimum absolute atomic E-state index is 0.0234. The van der Waals surface area contributed by atoms with Gasteiger partial charge in [-0.15, -0.1) is 16.4 Å². The number of carbonyl (C=O) groups is 2. The molecule has 4 rings (SSSR count). The first-order valence-corrected chi connectivity index (χ1v) is 14.2. The highest BCUT2D eigenvalue weighted by Gasteiger charge is 2.39. The Balaban J connectivity index is 1.61. The highest BCUT2D eigenvalue weighted by Crippen LogP contribution is 2.33. The number of carbonyl (C=O) groups excluding carboxylic acids is 2. The van der Waals surface area contributed by atoms with Crippen LogP contribution in [0.15, 0.2) is 51.4 Å². The summed E-state index contributed by atoms with van der Waals surface area (Å²) in [6, 6.07) is 8.12. The van der Waals surface area contributed by atoms with Crippen LogP contribution in [0.25, 0.3) is 6.08 Å². The molecular weight excluding hydrogens is 524 g/mol. The number of esters is 1. The predicted molar refractivity (Wildman–Crippen MR) is 141 cm³/mol. The van der Waals surface area contributed by atoms with E-state index in [4.69, 9.17) is 14.9 Å². The second kappa shape index (κ2) is 10.4. The van der Waals surface area contributed by atoms with Crippen molar-refractivity contribution < 1.29 is 27.5 Å². The van der Waals surface area contributed by atoms with Gasteiger partial charge in [-0.05, 0) is 59.8 Å². The number of thioether (sulfide) groups is 1. The van der Waals surface area contributed by atoms with Gasteiger partial charge in [0.25, 0.3) is 5.91 Å². The van der Waals surface area contributed by atoms with E-state index in [-0.39, 0.29) is 44.1 Å². The van der Waals surface area contributed by atoms with Gasteiger partial charge in [-0.3, -0.25) is 10.2 Å². The van der Waals surface area contributed by atoms with Gasteiger partial charge in [-0.2, -0.15) is 10.0 Å². The summed E-state index contributed by atoms with van der Waals surface area (Å²) in [7, 11) is -3.67. The summed E-state index contributed by atoms with van der Waals surface area (Å²) in [6.45, 7) is 5.64. The van der Waals surface area contributed by atoms with E-state index in [1.807, 2.05) is 0 Å². The maximum Gasteiger partial charge on any atom is 0.353 e. The lowest BCUT2D eigenvalue weighted by Gasteiger charge is -2.20. The van der Waals surface area contributed by atoms with E-state index in [9.17, 15) is 18.0 Å². The Kier molecular flexibility index (Phi) is 7.43. The summed E-state index contributed by atoms with van der Waals surface area (Å²) in [5.41, 5.74) is 0.418. The molecular formula is C23H22N4O6S3. The number of rotatable bonds is 7. The molecule has 0 bridgehead atoms. The predicted octanol–water partition coefficient (Wildman–Crippen LogP) is 4.01. The summed E-state index contributed by atoms with van der Waals surface area (Å²) < 4.78 is 36.1. The average Bonchev–Trinajstić information content (AvgIpc) is 3.48. The minimum atomic E-state index is -3.67. The summed E-state index contributed by atoms with van der Waals surface area (Å²) in [6.07, 6.45) is 1.43. The van der Waals surface area contributed by atoms with E-state index in [2.05, 4.69) is 10.1 Å². The van der Waals surface area contributed by atoms with Crippen molar-refractivity contribution in [2.24, 2.45) is 16.0 Å². The molecule has 2 aromatic rings. The van der Waals surface area contributed by atoms with Gasteiger partial charge in [0.15, 0.2) is 17.3 Å². The molecule has 36 heavy (non-hydrogen) atoms. The number of hydrogen-bond donors (Lipinski definition) is 1. The number of ether oxygens (including phenoxy) is 2. The molecule has 13 heteroatoms. The SMILES string of the molecule is CCOc1cc(/C=C2\C(=N)N3N=C(S(=O)(=O)CC(C)C)SC3=NC2=O)ccc1OC(=O)c1cccs1. The number of sulfone groups is 1. The van der Waals surface area contributed by atoms with E-state index in [0.29, 0.717) is 17.0 Å². The van der Waals surface area contributed by atoms with Gasteiger partial charge in [-0.25, -0.2) is 13.2 Å². The number of benzene rings is 1. The lowest BCUT2D eigenvalue weighted by Crippen LogP contribution is -2.35. The van der Waals surface area contributed by atoms with Gasteiger partial charge in [0.05, 0.1) is 17.9 Å². The maximum atomic E-state index is 12.7. The van der Waals surface area contributed by atoms with Gasteiger partial charge in [0.2, 0.25) is 19.4 Å². The molecule has 1 amide bonds.